The Hall–Kier alpha value is -0.610. The average Bonchev–Trinajstić information content (AvgIpc) is 2.50. The zero-order chi connectivity index (χ0) is 8.27. The number of amides is 1. The Morgan fingerprint density at radius 1 is 1.73 bits per heavy atom. The Kier molecular flexibility index (Phi) is 2.84. The van der Waals surface area contributed by atoms with Gasteiger partial charge in [-0.1, -0.05) is 0 Å². The van der Waals surface area contributed by atoms with Crippen LogP contribution >= 0.6 is 0 Å². The number of carbonyl (C=O) groups is 1. The highest BCUT2D eigenvalue weighted by atomic mass is 16.5. The molecule has 64 valence electrons. The van der Waals surface area contributed by atoms with Crippen molar-refractivity contribution in [3.8, 4) is 0 Å². The molecule has 1 rings (SSSR count). The third-order valence-electron chi connectivity index (χ3n) is 1.99. The molecule has 0 spiro atoms. The molecule has 1 aliphatic rings. The number of carbonyl (C=O) groups excluding carboxylic acids is 1. The second-order valence-corrected chi connectivity index (χ2v) is 2.67. The molecule has 0 aromatic carbocycles. The topological polar surface area (TPSA) is 50.4 Å². The Bertz CT molecular complexity index is 149. The first kappa shape index (κ1) is 8.49. The van der Waals surface area contributed by atoms with Crippen molar-refractivity contribution in [3.63, 3.8) is 0 Å². The van der Waals surface area contributed by atoms with Crippen molar-refractivity contribution in [2.45, 2.75) is 18.6 Å². The Balaban J connectivity index is 2.35. The average molecular weight is 158 g/mol. The second-order valence-electron chi connectivity index (χ2n) is 2.67. The van der Waals surface area contributed by atoms with E-state index in [9.17, 15) is 4.79 Å². The van der Waals surface area contributed by atoms with E-state index < -0.39 is 0 Å². The monoisotopic (exact) mass is 158 g/mol. The van der Waals surface area contributed by atoms with E-state index in [-0.39, 0.29) is 18.1 Å². The minimum Gasteiger partial charge on any atom is -0.380 e. The Labute approximate surface area is 66.3 Å². The quantitative estimate of drug-likeness (QED) is 0.548. The van der Waals surface area contributed by atoms with Gasteiger partial charge in [0.05, 0.1) is 12.1 Å². The van der Waals surface area contributed by atoms with Crippen LogP contribution in [0.25, 0.3) is 0 Å². The van der Waals surface area contributed by atoms with Gasteiger partial charge < -0.3 is 15.4 Å². The smallest absolute Gasteiger partial charge is 0.236 e. The summed E-state index contributed by atoms with van der Waals surface area (Å²) in [6.07, 6.45) is 0.966. The third-order valence-corrected chi connectivity index (χ3v) is 1.99. The molecule has 1 saturated heterocycles. The third kappa shape index (κ3) is 1.91. The van der Waals surface area contributed by atoms with Gasteiger partial charge in [-0.3, -0.25) is 4.79 Å². The van der Waals surface area contributed by atoms with Gasteiger partial charge in [-0.2, -0.15) is 0 Å². The Morgan fingerprint density at radius 2 is 2.45 bits per heavy atom. The summed E-state index contributed by atoms with van der Waals surface area (Å²) in [5.41, 5.74) is 0. The van der Waals surface area contributed by atoms with Crippen LogP contribution in [0, 0.1) is 0 Å². The highest BCUT2D eigenvalue weighted by molar-refractivity contribution is 5.81. The van der Waals surface area contributed by atoms with Crippen LogP contribution in [-0.4, -0.2) is 38.8 Å². The summed E-state index contributed by atoms with van der Waals surface area (Å²) in [5.74, 6) is 0.0459. The number of hydrogen-bond donors (Lipinski definition) is 2. The molecule has 4 heteroatoms. The molecule has 2 N–H and O–H groups in total. The molecule has 1 aliphatic heterocycles. The number of rotatable bonds is 2. The van der Waals surface area contributed by atoms with Crippen molar-refractivity contribution >= 4 is 5.91 Å². The van der Waals surface area contributed by atoms with E-state index in [0.29, 0.717) is 0 Å². The molecule has 0 bridgehead atoms. The van der Waals surface area contributed by atoms with Crippen molar-refractivity contribution in [1.29, 1.82) is 0 Å². The molecule has 0 unspecified atom stereocenters. The van der Waals surface area contributed by atoms with Gasteiger partial charge in [-0.05, 0) is 6.42 Å². The van der Waals surface area contributed by atoms with Crippen molar-refractivity contribution in [1.82, 2.24) is 10.6 Å². The molecule has 0 saturated carbocycles. The van der Waals surface area contributed by atoms with Crippen molar-refractivity contribution < 1.29 is 9.53 Å². The molecule has 0 aliphatic carbocycles. The molecular weight excluding hydrogens is 144 g/mol. The molecule has 4 nitrogen and oxygen atoms in total. The summed E-state index contributed by atoms with van der Waals surface area (Å²) in [4.78, 5) is 11.0. The lowest BCUT2D eigenvalue weighted by Crippen LogP contribution is -2.38. The minimum atomic E-state index is -0.0649. The zero-order valence-electron chi connectivity index (χ0n) is 6.89. The van der Waals surface area contributed by atoms with Gasteiger partial charge in [-0.25, -0.2) is 0 Å². The highest BCUT2D eigenvalue weighted by Crippen LogP contribution is 2.08. The predicted octanol–water partition coefficient (Wildman–Crippen LogP) is -0.891. The fourth-order valence-corrected chi connectivity index (χ4v) is 1.26. The van der Waals surface area contributed by atoms with Gasteiger partial charge in [0.2, 0.25) is 5.91 Å². The standard InChI is InChI=1S/C7H14N2O2/c1-8-7(10)6-3-5(11-2)4-9-6/h5-6,9H,3-4H2,1-2H3,(H,8,10)/t5-,6-/m0/s1. The largest absolute Gasteiger partial charge is 0.380 e. The van der Waals surface area contributed by atoms with Crippen LogP contribution in [0.1, 0.15) is 6.42 Å². The van der Waals surface area contributed by atoms with Crippen LogP contribution < -0.4 is 10.6 Å². The summed E-state index contributed by atoms with van der Waals surface area (Å²) in [6.45, 7) is 0.772. The van der Waals surface area contributed by atoms with Crippen LogP contribution in [0.5, 0.6) is 0 Å². The number of nitrogens with one attached hydrogen (secondary N) is 2. The summed E-state index contributed by atoms with van der Waals surface area (Å²) >= 11 is 0. The fraction of sp³-hybridized carbons (Fsp3) is 0.857. The predicted molar refractivity (Wildman–Crippen MR) is 41.3 cm³/mol. The normalized spacial score (nSPS) is 30.4. The molecule has 1 fully saturated rings. The second kappa shape index (κ2) is 3.69. The molecule has 1 heterocycles. The van der Waals surface area contributed by atoms with E-state index in [0.717, 1.165) is 13.0 Å². The first-order valence-corrected chi connectivity index (χ1v) is 3.75. The van der Waals surface area contributed by atoms with Crippen molar-refractivity contribution in [3.05, 3.63) is 0 Å². The van der Waals surface area contributed by atoms with Gasteiger partial charge in [0.15, 0.2) is 0 Å². The van der Waals surface area contributed by atoms with Gasteiger partial charge in [0.1, 0.15) is 0 Å². The maximum Gasteiger partial charge on any atom is 0.236 e. The lowest BCUT2D eigenvalue weighted by Gasteiger charge is -2.07. The fourth-order valence-electron chi connectivity index (χ4n) is 1.26. The van der Waals surface area contributed by atoms with Gasteiger partial charge in [0.25, 0.3) is 0 Å². The van der Waals surface area contributed by atoms with Gasteiger partial charge in [-0.15, -0.1) is 0 Å². The van der Waals surface area contributed by atoms with Crippen LogP contribution in [-0.2, 0) is 9.53 Å². The number of likely N-dealkylation sites (N-methyl/N-ethyl adjacent to an activating group) is 1. The van der Waals surface area contributed by atoms with Crippen molar-refractivity contribution in [2.24, 2.45) is 0 Å². The molecule has 1 amide bonds. The maximum absolute atomic E-state index is 11.0. The molecule has 11 heavy (non-hydrogen) atoms. The van der Waals surface area contributed by atoms with Crippen LogP contribution in [0.4, 0.5) is 0 Å². The minimum absolute atomic E-state index is 0.0459. The highest BCUT2D eigenvalue weighted by Gasteiger charge is 2.28. The van der Waals surface area contributed by atoms with E-state index in [1.165, 1.54) is 0 Å². The zero-order valence-corrected chi connectivity index (χ0v) is 6.89. The van der Waals surface area contributed by atoms with E-state index in [2.05, 4.69) is 10.6 Å². The van der Waals surface area contributed by atoms with Gasteiger partial charge in [0, 0.05) is 20.7 Å². The Morgan fingerprint density at radius 3 is 2.91 bits per heavy atom. The van der Waals surface area contributed by atoms with Crippen LogP contribution in [0.2, 0.25) is 0 Å². The SMILES string of the molecule is CNC(=O)[C@@H]1C[C@H](OC)CN1. The van der Waals surface area contributed by atoms with Crippen LogP contribution in [0.3, 0.4) is 0 Å². The van der Waals surface area contributed by atoms with E-state index in [1.807, 2.05) is 0 Å². The summed E-state index contributed by atoms with van der Waals surface area (Å²) in [7, 11) is 3.31. The summed E-state index contributed by atoms with van der Waals surface area (Å²) in [5, 5.41) is 5.67. The molecule has 2 atom stereocenters. The summed E-state index contributed by atoms with van der Waals surface area (Å²) < 4.78 is 5.09. The molecular formula is C7H14N2O2. The van der Waals surface area contributed by atoms with E-state index >= 15 is 0 Å². The number of hydrogen-bond acceptors (Lipinski definition) is 3. The maximum atomic E-state index is 11.0. The lowest BCUT2D eigenvalue weighted by molar-refractivity contribution is -0.122. The first-order valence-electron chi connectivity index (χ1n) is 3.75. The summed E-state index contributed by atoms with van der Waals surface area (Å²) in [6, 6.07) is -0.0649. The van der Waals surface area contributed by atoms with E-state index in [1.54, 1.807) is 14.2 Å². The molecule has 0 radical (unpaired) electrons. The molecule has 0 aromatic rings. The first-order chi connectivity index (χ1) is 5.27. The number of ether oxygens (including phenoxy) is 1. The van der Waals surface area contributed by atoms with E-state index in [4.69, 9.17) is 4.74 Å². The molecule has 0 aromatic heterocycles. The van der Waals surface area contributed by atoms with Crippen molar-refractivity contribution in [2.75, 3.05) is 20.7 Å². The van der Waals surface area contributed by atoms with Gasteiger partial charge >= 0.3 is 0 Å². The van der Waals surface area contributed by atoms with Crippen LogP contribution in [0.15, 0.2) is 0 Å². The number of methoxy groups -OCH3 is 1. The lowest BCUT2D eigenvalue weighted by atomic mass is 10.2.